The van der Waals surface area contributed by atoms with Crippen molar-refractivity contribution in [3.63, 3.8) is 0 Å². The van der Waals surface area contributed by atoms with Crippen molar-refractivity contribution in [2.24, 2.45) is 11.1 Å². The predicted molar refractivity (Wildman–Crippen MR) is 63.0 cm³/mol. The molecule has 2 nitrogen and oxygen atoms in total. The minimum Gasteiger partial charge on any atom is -0.330 e. The number of nitrogens with two attached hydrogens (primary N) is 1. The summed E-state index contributed by atoms with van der Waals surface area (Å²) in [7, 11) is -1.23. The molecule has 4 heteroatoms. The van der Waals surface area contributed by atoms with E-state index in [1.54, 1.807) is 18.2 Å². The number of hydrogen-bond donors (Lipinski definition) is 1. The molecule has 0 aromatic heterocycles. The fraction of sp³-hybridized carbons (Fsp3) is 0.500. The molecule has 1 fully saturated rings. The number of rotatable bonds is 5. The second-order valence-corrected chi connectivity index (χ2v) is 5.88. The van der Waals surface area contributed by atoms with Crippen LogP contribution in [-0.2, 0) is 10.8 Å². The number of benzene rings is 1. The molecule has 0 saturated heterocycles. The largest absolute Gasteiger partial charge is 0.330 e. The molecule has 1 unspecified atom stereocenters. The Morgan fingerprint density at radius 1 is 1.38 bits per heavy atom. The molecule has 2 rings (SSSR count). The Labute approximate surface area is 97.5 Å². The number of halogens is 1. The van der Waals surface area contributed by atoms with E-state index in [0.29, 0.717) is 17.2 Å². The summed E-state index contributed by atoms with van der Waals surface area (Å²) < 4.78 is 25.4. The van der Waals surface area contributed by atoms with Crippen molar-refractivity contribution in [2.75, 3.05) is 12.3 Å². The first-order valence-electron chi connectivity index (χ1n) is 5.50. The van der Waals surface area contributed by atoms with Gasteiger partial charge in [-0.1, -0.05) is 12.1 Å². The van der Waals surface area contributed by atoms with Crippen molar-refractivity contribution in [1.82, 2.24) is 0 Å². The Morgan fingerprint density at radius 3 is 2.62 bits per heavy atom. The lowest BCUT2D eigenvalue weighted by atomic mass is 10.1. The van der Waals surface area contributed by atoms with Crippen molar-refractivity contribution < 1.29 is 8.60 Å². The van der Waals surface area contributed by atoms with Gasteiger partial charge in [0.2, 0.25) is 0 Å². The van der Waals surface area contributed by atoms with Gasteiger partial charge in [0.15, 0.2) is 0 Å². The third-order valence-corrected chi connectivity index (χ3v) is 4.85. The van der Waals surface area contributed by atoms with Gasteiger partial charge in [-0.2, -0.15) is 0 Å². The lowest BCUT2D eigenvalue weighted by Crippen LogP contribution is -2.17. The van der Waals surface area contributed by atoms with Crippen molar-refractivity contribution in [2.45, 2.75) is 24.2 Å². The van der Waals surface area contributed by atoms with Crippen LogP contribution in [0.4, 0.5) is 4.39 Å². The van der Waals surface area contributed by atoms with E-state index in [9.17, 15) is 8.60 Å². The molecule has 2 N–H and O–H groups in total. The first kappa shape index (κ1) is 11.7. The van der Waals surface area contributed by atoms with Crippen LogP contribution in [0.3, 0.4) is 0 Å². The summed E-state index contributed by atoms with van der Waals surface area (Å²) in [6.45, 7) is 0.620. The van der Waals surface area contributed by atoms with Gasteiger partial charge >= 0.3 is 0 Å². The van der Waals surface area contributed by atoms with E-state index < -0.39 is 10.8 Å². The molecule has 88 valence electrons. The Kier molecular flexibility index (Phi) is 3.40. The summed E-state index contributed by atoms with van der Waals surface area (Å²) in [6, 6.07) is 6.29. The average molecular weight is 241 g/mol. The molecular weight excluding hydrogens is 225 g/mol. The smallest absolute Gasteiger partial charge is 0.139 e. The number of hydrogen-bond acceptors (Lipinski definition) is 2. The molecule has 0 heterocycles. The first-order valence-corrected chi connectivity index (χ1v) is 6.82. The maximum absolute atomic E-state index is 13.4. The maximum atomic E-state index is 13.4. The molecule has 1 aliphatic rings. The Hall–Kier alpha value is -0.740. The highest BCUT2D eigenvalue weighted by molar-refractivity contribution is 7.85. The molecule has 1 aromatic carbocycles. The van der Waals surface area contributed by atoms with Gasteiger partial charge in [-0.05, 0) is 43.4 Å². The first-order chi connectivity index (χ1) is 7.67. The van der Waals surface area contributed by atoms with Gasteiger partial charge in [0.05, 0.1) is 15.7 Å². The zero-order valence-corrected chi connectivity index (χ0v) is 9.93. The summed E-state index contributed by atoms with van der Waals surface area (Å²) in [4.78, 5) is 0.325. The summed E-state index contributed by atoms with van der Waals surface area (Å²) in [6.07, 6.45) is 3.04. The summed E-state index contributed by atoms with van der Waals surface area (Å²) in [5, 5.41) is 0. The average Bonchev–Trinajstić information content (AvgIpc) is 2.99. The summed E-state index contributed by atoms with van der Waals surface area (Å²) >= 11 is 0. The normalized spacial score (nSPS) is 19.4. The molecule has 1 aromatic rings. The van der Waals surface area contributed by atoms with Crippen LogP contribution in [0.2, 0.25) is 0 Å². The van der Waals surface area contributed by atoms with Crippen LogP contribution in [0.5, 0.6) is 0 Å². The maximum Gasteiger partial charge on any atom is 0.139 e. The Bertz CT molecular complexity index is 404. The minimum absolute atomic E-state index is 0.127. The van der Waals surface area contributed by atoms with Gasteiger partial charge in [0.25, 0.3) is 0 Å². The van der Waals surface area contributed by atoms with Crippen LogP contribution in [-0.4, -0.2) is 16.5 Å². The van der Waals surface area contributed by atoms with E-state index in [0.717, 1.165) is 19.3 Å². The monoisotopic (exact) mass is 241 g/mol. The Morgan fingerprint density at radius 2 is 2.06 bits per heavy atom. The van der Waals surface area contributed by atoms with Crippen LogP contribution in [0, 0.1) is 11.2 Å². The van der Waals surface area contributed by atoms with Crippen molar-refractivity contribution in [3.8, 4) is 0 Å². The highest BCUT2D eigenvalue weighted by atomic mass is 32.2. The fourth-order valence-corrected chi connectivity index (χ4v) is 3.60. The quantitative estimate of drug-likeness (QED) is 0.857. The summed E-state index contributed by atoms with van der Waals surface area (Å²) in [5.41, 5.74) is 5.65. The molecular formula is C12H16FNOS. The highest BCUT2D eigenvalue weighted by Gasteiger charge is 2.43. The van der Waals surface area contributed by atoms with E-state index in [-0.39, 0.29) is 11.2 Å². The predicted octanol–water partition coefficient (Wildman–Crippen LogP) is 2.06. The van der Waals surface area contributed by atoms with Crippen molar-refractivity contribution in [3.05, 3.63) is 30.1 Å². The standard InChI is InChI=1S/C12H16FNOS/c13-10-3-1-2-4-11(10)16(15)9-12(5-6-12)7-8-14/h1-4H,5-9,14H2. The van der Waals surface area contributed by atoms with Gasteiger partial charge < -0.3 is 5.73 Å². The van der Waals surface area contributed by atoms with Gasteiger partial charge in [-0.15, -0.1) is 0 Å². The zero-order valence-electron chi connectivity index (χ0n) is 9.12. The fourth-order valence-electron chi connectivity index (χ4n) is 1.93. The van der Waals surface area contributed by atoms with Crippen LogP contribution in [0.25, 0.3) is 0 Å². The van der Waals surface area contributed by atoms with Crippen LogP contribution in [0.15, 0.2) is 29.2 Å². The van der Waals surface area contributed by atoms with Crippen LogP contribution >= 0.6 is 0 Å². The Balaban J connectivity index is 2.07. The van der Waals surface area contributed by atoms with E-state index >= 15 is 0 Å². The van der Waals surface area contributed by atoms with E-state index in [1.807, 2.05) is 0 Å². The lowest BCUT2D eigenvalue weighted by molar-refractivity contribution is 0.526. The highest BCUT2D eigenvalue weighted by Crippen LogP contribution is 2.49. The van der Waals surface area contributed by atoms with E-state index in [2.05, 4.69) is 0 Å². The van der Waals surface area contributed by atoms with Crippen molar-refractivity contribution in [1.29, 1.82) is 0 Å². The molecule has 0 aliphatic heterocycles. The second kappa shape index (κ2) is 4.63. The molecule has 16 heavy (non-hydrogen) atoms. The van der Waals surface area contributed by atoms with Crippen molar-refractivity contribution >= 4 is 10.8 Å². The molecule has 1 atom stereocenters. The summed E-state index contributed by atoms with van der Waals surface area (Å²) in [5.74, 6) is 0.176. The van der Waals surface area contributed by atoms with E-state index in [4.69, 9.17) is 5.73 Å². The minimum atomic E-state index is -1.23. The van der Waals surface area contributed by atoms with Crippen LogP contribution in [0.1, 0.15) is 19.3 Å². The zero-order chi connectivity index (χ0) is 11.6. The van der Waals surface area contributed by atoms with Gasteiger partial charge in [-0.3, -0.25) is 4.21 Å². The molecule has 0 radical (unpaired) electrons. The molecule has 1 aliphatic carbocycles. The van der Waals surface area contributed by atoms with E-state index in [1.165, 1.54) is 6.07 Å². The topological polar surface area (TPSA) is 43.1 Å². The third kappa shape index (κ3) is 2.50. The van der Waals surface area contributed by atoms with Crippen LogP contribution < -0.4 is 5.73 Å². The molecule has 0 amide bonds. The molecule has 0 spiro atoms. The molecule has 1 saturated carbocycles. The van der Waals surface area contributed by atoms with Gasteiger partial charge in [0.1, 0.15) is 5.82 Å². The molecule has 0 bridgehead atoms. The van der Waals surface area contributed by atoms with Gasteiger partial charge in [-0.25, -0.2) is 4.39 Å². The van der Waals surface area contributed by atoms with Gasteiger partial charge in [0, 0.05) is 5.75 Å². The second-order valence-electron chi connectivity index (χ2n) is 4.46. The SMILES string of the molecule is NCCC1(CS(=O)c2ccccc2F)CC1. The third-order valence-electron chi connectivity index (χ3n) is 3.15. The lowest BCUT2D eigenvalue weighted by Gasteiger charge is -2.13.